The van der Waals surface area contributed by atoms with Crippen LogP contribution in [0, 0.1) is 11.3 Å². The number of rotatable bonds is 2. The molecule has 0 rings (SSSR count). The van der Waals surface area contributed by atoms with Crippen molar-refractivity contribution >= 4 is 0 Å². The van der Waals surface area contributed by atoms with Crippen molar-refractivity contribution in [2.24, 2.45) is 0 Å². The average molecular weight is 112 g/mol. The maximum Gasteiger partial charge on any atom is 0.103 e. The molecule has 2 nitrogen and oxygen atoms in total. The molecule has 0 saturated heterocycles. The van der Waals surface area contributed by atoms with E-state index in [1.165, 1.54) is 0 Å². The van der Waals surface area contributed by atoms with Gasteiger partial charge in [0.25, 0.3) is 0 Å². The molecule has 0 fully saturated rings. The van der Waals surface area contributed by atoms with Gasteiger partial charge in [0.1, 0.15) is 5.54 Å². The van der Waals surface area contributed by atoms with Crippen molar-refractivity contribution < 1.29 is 0 Å². The molecule has 0 spiro atoms. The number of hydrogen-bond acceptors (Lipinski definition) is 2. The van der Waals surface area contributed by atoms with Gasteiger partial charge in [-0.2, -0.15) is 5.26 Å². The molecule has 0 saturated carbocycles. The van der Waals surface area contributed by atoms with E-state index in [4.69, 9.17) is 5.26 Å². The molecule has 1 atom stereocenters. The Bertz CT molecular complexity index is 97.6. The van der Waals surface area contributed by atoms with Gasteiger partial charge in [0.2, 0.25) is 0 Å². The fourth-order valence-corrected chi connectivity index (χ4v) is 0.312. The molecular weight excluding hydrogens is 100 g/mol. The Hall–Kier alpha value is -0.550. The average Bonchev–Trinajstić information content (AvgIpc) is 1.87. The molecule has 8 heavy (non-hydrogen) atoms. The van der Waals surface area contributed by atoms with Gasteiger partial charge in [-0.15, -0.1) is 0 Å². The van der Waals surface area contributed by atoms with Gasteiger partial charge in [-0.1, -0.05) is 6.92 Å². The lowest BCUT2D eigenvalue weighted by Gasteiger charge is -2.16. The first-order valence-electron chi connectivity index (χ1n) is 2.78. The molecule has 0 heterocycles. The summed E-state index contributed by atoms with van der Waals surface area (Å²) in [6.07, 6.45) is 0.847. The van der Waals surface area contributed by atoms with Crippen LogP contribution in [-0.2, 0) is 0 Å². The van der Waals surface area contributed by atoms with Crippen molar-refractivity contribution in [1.29, 1.82) is 5.26 Å². The normalized spacial score (nSPS) is 16.8. The molecule has 0 aromatic heterocycles. The topological polar surface area (TPSA) is 35.8 Å². The highest BCUT2D eigenvalue weighted by Gasteiger charge is 2.16. The Morgan fingerprint density at radius 2 is 2.25 bits per heavy atom. The maximum absolute atomic E-state index is 8.47. The lowest BCUT2D eigenvalue weighted by molar-refractivity contribution is 0.476. The molecule has 0 amide bonds. The summed E-state index contributed by atoms with van der Waals surface area (Å²) in [5, 5.41) is 11.4. The van der Waals surface area contributed by atoms with E-state index in [0.29, 0.717) is 0 Å². The second-order valence-corrected chi connectivity index (χ2v) is 2.05. The predicted octanol–water partition coefficient (Wildman–Crippen LogP) is 0.898. The van der Waals surface area contributed by atoms with E-state index in [2.05, 4.69) is 11.4 Å². The van der Waals surface area contributed by atoms with Crippen LogP contribution in [0.4, 0.5) is 0 Å². The highest BCUT2D eigenvalue weighted by Crippen LogP contribution is 2.04. The van der Waals surface area contributed by atoms with Crippen LogP contribution in [0.1, 0.15) is 20.3 Å². The highest BCUT2D eigenvalue weighted by atomic mass is 14.9. The fourth-order valence-electron chi connectivity index (χ4n) is 0.312. The lowest BCUT2D eigenvalue weighted by Crippen LogP contribution is -2.36. The summed E-state index contributed by atoms with van der Waals surface area (Å²) in [6.45, 7) is 3.87. The van der Waals surface area contributed by atoms with Crippen LogP contribution in [-0.4, -0.2) is 12.6 Å². The van der Waals surface area contributed by atoms with E-state index in [-0.39, 0.29) is 5.54 Å². The van der Waals surface area contributed by atoms with Gasteiger partial charge in [-0.3, -0.25) is 0 Å². The number of nitrogens with zero attached hydrogens (tertiary/aromatic N) is 1. The molecule has 0 aromatic rings. The van der Waals surface area contributed by atoms with Crippen LogP contribution >= 0.6 is 0 Å². The first kappa shape index (κ1) is 7.45. The third-order valence-corrected chi connectivity index (χ3v) is 1.51. The molecule has 0 aliphatic carbocycles. The van der Waals surface area contributed by atoms with E-state index < -0.39 is 0 Å². The van der Waals surface area contributed by atoms with Crippen LogP contribution in [0.15, 0.2) is 0 Å². The Morgan fingerprint density at radius 3 is 2.25 bits per heavy atom. The molecule has 0 aliphatic rings. The van der Waals surface area contributed by atoms with Gasteiger partial charge in [0.15, 0.2) is 0 Å². The van der Waals surface area contributed by atoms with Gasteiger partial charge in [0, 0.05) is 0 Å². The minimum absolute atomic E-state index is 0.319. The number of hydrogen-bond donors (Lipinski definition) is 1. The van der Waals surface area contributed by atoms with E-state index in [9.17, 15) is 0 Å². The molecule has 0 aromatic carbocycles. The first-order valence-corrected chi connectivity index (χ1v) is 2.78. The van der Waals surface area contributed by atoms with Crippen LogP contribution in [0.25, 0.3) is 0 Å². The smallest absolute Gasteiger partial charge is 0.103 e. The van der Waals surface area contributed by atoms with E-state index in [1.54, 1.807) is 7.05 Å². The third-order valence-electron chi connectivity index (χ3n) is 1.51. The minimum Gasteiger partial charge on any atom is -0.303 e. The first-order chi connectivity index (χ1) is 3.68. The minimum atomic E-state index is -0.319. The van der Waals surface area contributed by atoms with Crippen molar-refractivity contribution in [2.45, 2.75) is 25.8 Å². The van der Waals surface area contributed by atoms with Crippen molar-refractivity contribution in [1.82, 2.24) is 5.32 Å². The molecule has 46 valence electrons. The molecule has 0 unspecified atom stereocenters. The Kier molecular flexibility index (Phi) is 2.50. The van der Waals surface area contributed by atoms with Crippen LogP contribution in [0.5, 0.6) is 0 Å². The Balaban J connectivity index is 3.83. The third kappa shape index (κ3) is 1.51. The van der Waals surface area contributed by atoms with Crippen molar-refractivity contribution in [2.75, 3.05) is 7.05 Å². The number of nitrogens with one attached hydrogen (secondary N) is 1. The van der Waals surface area contributed by atoms with Crippen LogP contribution in [0.2, 0.25) is 0 Å². The molecule has 0 bridgehead atoms. The van der Waals surface area contributed by atoms with Gasteiger partial charge in [0.05, 0.1) is 6.07 Å². The van der Waals surface area contributed by atoms with E-state index >= 15 is 0 Å². The maximum atomic E-state index is 8.47. The summed E-state index contributed by atoms with van der Waals surface area (Å²) >= 11 is 0. The zero-order valence-corrected chi connectivity index (χ0v) is 5.65. The second kappa shape index (κ2) is 2.68. The summed E-state index contributed by atoms with van der Waals surface area (Å²) in [6, 6.07) is 2.17. The highest BCUT2D eigenvalue weighted by molar-refractivity contribution is 5.01. The van der Waals surface area contributed by atoms with Crippen LogP contribution < -0.4 is 5.32 Å². The number of nitriles is 1. The van der Waals surface area contributed by atoms with Gasteiger partial charge >= 0.3 is 0 Å². The molecule has 0 radical (unpaired) electrons. The van der Waals surface area contributed by atoms with Crippen LogP contribution in [0.3, 0.4) is 0 Å². The Labute approximate surface area is 50.5 Å². The zero-order valence-electron chi connectivity index (χ0n) is 5.65. The summed E-state index contributed by atoms with van der Waals surface area (Å²) in [4.78, 5) is 0. The van der Waals surface area contributed by atoms with Gasteiger partial charge < -0.3 is 5.32 Å². The zero-order chi connectivity index (χ0) is 6.62. The van der Waals surface area contributed by atoms with E-state index in [1.807, 2.05) is 13.8 Å². The molecular formula is C6H12N2. The van der Waals surface area contributed by atoms with E-state index in [0.717, 1.165) is 6.42 Å². The van der Waals surface area contributed by atoms with Gasteiger partial charge in [-0.05, 0) is 20.4 Å². The molecule has 0 aliphatic heterocycles. The standard InChI is InChI=1S/C6H12N2/c1-4-6(2,5-7)8-3/h8H,4H2,1-3H3/t6-/m1/s1. The fraction of sp³-hybridized carbons (Fsp3) is 0.833. The monoisotopic (exact) mass is 112 g/mol. The Morgan fingerprint density at radius 1 is 1.75 bits per heavy atom. The summed E-state index contributed by atoms with van der Waals surface area (Å²) in [7, 11) is 1.80. The van der Waals surface area contributed by atoms with Crippen molar-refractivity contribution in [3.63, 3.8) is 0 Å². The molecule has 2 heteroatoms. The van der Waals surface area contributed by atoms with Crippen molar-refractivity contribution in [3.8, 4) is 6.07 Å². The van der Waals surface area contributed by atoms with Gasteiger partial charge in [-0.25, -0.2) is 0 Å². The lowest BCUT2D eigenvalue weighted by atomic mass is 10.0. The predicted molar refractivity (Wildman–Crippen MR) is 33.4 cm³/mol. The largest absolute Gasteiger partial charge is 0.303 e. The summed E-state index contributed by atoms with van der Waals surface area (Å²) in [5.41, 5.74) is -0.319. The van der Waals surface area contributed by atoms with Crippen molar-refractivity contribution in [3.05, 3.63) is 0 Å². The molecule has 1 N–H and O–H groups in total. The second-order valence-electron chi connectivity index (χ2n) is 2.05. The summed E-state index contributed by atoms with van der Waals surface area (Å²) in [5.74, 6) is 0. The SMILES string of the molecule is CC[C@](C)(C#N)NC. The summed E-state index contributed by atoms with van der Waals surface area (Å²) < 4.78 is 0. The quantitative estimate of drug-likeness (QED) is 0.576.